The first-order valence-corrected chi connectivity index (χ1v) is 6.04. The van der Waals surface area contributed by atoms with Gasteiger partial charge >= 0.3 is 0 Å². The predicted octanol–water partition coefficient (Wildman–Crippen LogP) is 2.96. The zero-order valence-corrected chi connectivity index (χ0v) is 9.97. The molecule has 94 valence electrons. The molecule has 0 amide bonds. The number of benzene rings is 1. The molecule has 1 aliphatic carbocycles. The Morgan fingerprint density at radius 3 is 2.71 bits per heavy atom. The van der Waals surface area contributed by atoms with Crippen molar-refractivity contribution in [1.82, 2.24) is 0 Å². The molecule has 2 atom stereocenters. The van der Waals surface area contributed by atoms with E-state index in [0.29, 0.717) is 5.56 Å². The van der Waals surface area contributed by atoms with Gasteiger partial charge in [-0.05, 0) is 44.2 Å². The van der Waals surface area contributed by atoms with Gasteiger partial charge < -0.3 is 11.1 Å². The first kappa shape index (κ1) is 12.3. The molecular formula is C13H18F2N2. The molecule has 0 aromatic heterocycles. The van der Waals surface area contributed by atoms with Gasteiger partial charge in [-0.15, -0.1) is 0 Å². The standard InChI is InChI=1S/C13H18F2N2/c1-8-5-12(15)13(7-11(8)14)17-10-4-2-3-9(16)6-10/h5,7,9-10,17H,2-4,6,16H2,1H3. The number of rotatable bonds is 2. The van der Waals surface area contributed by atoms with Crippen molar-refractivity contribution in [3.8, 4) is 0 Å². The Balaban J connectivity index is 2.10. The van der Waals surface area contributed by atoms with Crippen molar-refractivity contribution in [3.05, 3.63) is 29.3 Å². The van der Waals surface area contributed by atoms with E-state index in [2.05, 4.69) is 5.32 Å². The maximum absolute atomic E-state index is 13.6. The van der Waals surface area contributed by atoms with E-state index in [-0.39, 0.29) is 23.6 Å². The lowest BCUT2D eigenvalue weighted by molar-refractivity contribution is 0.408. The Kier molecular flexibility index (Phi) is 3.62. The Hall–Kier alpha value is -1.16. The summed E-state index contributed by atoms with van der Waals surface area (Å²) in [7, 11) is 0. The van der Waals surface area contributed by atoms with E-state index in [4.69, 9.17) is 5.73 Å². The van der Waals surface area contributed by atoms with Crippen LogP contribution in [0.4, 0.5) is 14.5 Å². The fourth-order valence-electron chi connectivity index (χ4n) is 2.34. The highest BCUT2D eigenvalue weighted by molar-refractivity contribution is 5.47. The summed E-state index contributed by atoms with van der Waals surface area (Å²) in [6.45, 7) is 1.55. The van der Waals surface area contributed by atoms with Gasteiger partial charge in [-0.3, -0.25) is 0 Å². The van der Waals surface area contributed by atoms with Crippen LogP contribution in [-0.4, -0.2) is 12.1 Å². The lowest BCUT2D eigenvalue weighted by Gasteiger charge is -2.28. The predicted molar refractivity (Wildman–Crippen MR) is 64.9 cm³/mol. The molecule has 0 radical (unpaired) electrons. The van der Waals surface area contributed by atoms with Crippen molar-refractivity contribution < 1.29 is 8.78 Å². The van der Waals surface area contributed by atoms with Crippen LogP contribution in [0.2, 0.25) is 0 Å². The van der Waals surface area contributed by atoms with Crippen molar-refractivity contribution >= 4 is 5.69 Å². The summed E-state index contributed by atoms with van der Waals surface area (Å²) in [6, 6.07) is 2.76. The first-order valence-electron chi connectivity index (χ1n) is 6.04. The van der Waals surface area contributed by atoms with E-state index < -0.39 is 5.82 Å². The van der Waals surface area contributed by atoms with E-state index in [1.807, 2.05) is 0 Å². The van der Waals surface area contributed by atoms with Crippen molar-refractivity contribution in [2.75, 3.05) is 5.32 Å². The average molecular weight is 240 g/mol. The van der Waals surface area contributed by atoms with E-state index in [1.165, 1.54) is 12.1 Å². The molecule has 0 bridgehead atoms. The molecule has 0 aliphatic heterocycles. The zero-order valence-electron chi connectivity index (χ0n) is 9.97. The molecule has 4 heteroatoms. The lowest BCUT2D eigenvalue weighted by atomic mass is 9.91. The summed E-state index contributed by atoms with van der Waals surface area (Å²) in [5, 5.41) is 3.05. The van der Waals surface area contributed by atoms with Gasteiger partial charge in [0.25, 0.3) is 0 Å². The Labute approximate surface area is 100 Å². The molecule has 1 fully saturated rings. The molecule has 0 heterocycles. The molecule has 17 heavy (non-hydrogen) atoms. The van der Waals surface area contributed by atoms with Crippen LogP contribution in [0.5, 0.6) is 0 Å². The molecule has 2 rings (SSSR count). The molecular weight excluding hydrogens is 222 g/mol. The van der Waals surface area contributed by atoms with Crippen LogP contribution < -0.4 is 11.1 Å². The topological polar surface area (TPSA) is 38.0 Å². The second kappa shape index (κ2) is 5.00. The van der Waals surface area contributed by atoms with Crippen molar-refractivity contribution in [2.24, 2.45) is 5.73 Å². The third-order valence-electron chi connectivity index (χ3n) is 3.32. The van der Waals surface area contributed by atoms with Gasteiger partial charge in [0.2, 0.25) is 0 Å². The minimum absolute atomic E-state index is 0.148. The maximum atomic E-state index is 13.6. The maximum Gasteiger partial charge on any atom is 0.146 e. The van der Waals surface area contributed by atoms with E-state index in [1.54, 1.807) is 6.92 Å². The van der Waals surface area contributed by atoms with Crippen LogP contribution in [0.3, 0.4) is 0 Å². The van der Waals surface area contributed by atoms with Gasteiger partial charge in [-0.25, -0.2) is 8.78 Å². The first-order chi connectivity index (χ1) is 8.06. The van der Waals surface area contributed by atoms with Gasteiger partial charge in [-0.1, -0.05) is 0 Å². The molecule has 3 N–H and O–H groups in total. The number of aryl methyl sites for hydroxylation is 1. The quantitative estimate of drug-likeness (QED) is 0.834. The van der Waals surface area contributed by atoms with Crippen LogP contribution in [0.15, 0.2) is 12.1 Å². The summed E-state index contributed by atoms with van der Waals surface area (Å²) in [5.41, 5.74) is 6.43. The molecule has 1 aliphatic rings. The third-order valence-corrected chi connectivity index (χ3v) is 3.32. The Bertz CT molecular complexity index is 407. The van der Waals surface area contributed by atoms with E-state index in [9.17, 15) is 8.78 Å². The summed E-state index contributed by atoms with van der Waals surface area (Å²) in [6.07, 6.45) is 3.83. The van der Waals surface area contributed by atoms with E-state index >= 15 is 0 Å². The van der Waals surface area contributed by atoms with Crippen LogP contribution in [-0.2, 0) is 0 Å². The fourth-order valence-corrected chi connectivity index (χ4v) is 2.34. The molecule has 1 saturated carbocycles. The third kappa shape index (κ3) is 2.94. The number of halogens is 2. The van der Waals surface area contributed by atoms with Crippen molar-refractivity contribution in [2.45, 2.75) is 44.7 Å². The number of hydrogen-bond donors (Lipinski definition) is 2. The highest BCUT2D eigenvalue weighted by atomic mass is 19.1. The Morgan fingerprint density at radius 1 is 1.24 bits per heavy atom. The summed E-state index contributed by atoms with van der Waals surface area (Å²) in [5.74, 6) is -0.781. The lowest BCUT2D eigenvalue weighted by Crippen LogP contribution is -2.35. The summed E-state index contributed by atoms with van der Waals surface area (Å²) >= 11 is 0. The number of nitrogens with one attached hydrogen (secondary N) is 1. The molecule has 2 nitrogen and oxygen atoms in total. The highest BCUT2D eigenvalue weighted by Crippen LogP contribution is 2.24. The smallest absolute Gasteiger partial charge is 0.146 e. The molecule has 1 aromatic rings. The van der Waals surface area contributed by atoms with Crippen LogP contribution >= 0.6 is 0 Å². The van der Waals surface area contributed by atoms with Crippen LogP contribution in [0.1, 0.15) is 31.2 Å². The molecule has 2 unspecified atom stereocenters. The summed E-state index contributed by atoms with van der Waals surface area (Å²) in [4.78, 5) is 0. The monoisotopic (exact) mass is 240 g/mol. The van der Waals surface area contributed by atoms with Gasteiger partial charge in [-0.2, -0.15) is 0 Å². The number of anilines is 1. The van der Waals surface area contributed by atoms with Crippen LogP contribution in [0.25, 0.3) is 0 Å². The fraction of sp³-hybridized carbons (Fsp3) is 0.538. The molecule has 0 spiro atoms. The number of nitrogens with two attached hydrogens (primary N) is 1. The highest BCUT2D eigenvalue weighted by Gasteiger charge is 2.20. The zero-order chi connectivity index (χ0) is 12.4. The molecule has 0 saturated heterocycles. The van der Waals surface area contributed by atoms with Crippen molar-refractivity contribution in [1.29, 1.82) is 0 Å². The minimum atomic E-state index is -0.400. The summed E-state index contributed by atoms with van der Waals surface area (Å²) < 4.78 is 27.0. The van der Waals surface area contributed by atoms with E-state index in [0.717, 1.165) is 25.7 Å². The largest absolute Gasteiger partial charge is 0.380 e. The van der Waals surface area contributed by atoms with Gasteiger partial charge in [0, 0.05) is 18.2 Å². The minimum Gasteiger partial charge on any atom is -0.380 e. The normalized spacial score (nSPS) is 24.7. The second-order valence-electron chi connectivity index (χ2n) is 4.85. The van der Waals surface area contributed by atoms with Gasteiger partial charge in [0.15, 0.2) is 0 Å². The van der Waals surface area contributed by atoms with Gasteiger partial charge in [0.1, 0.15) is 11.6 Å². The number of hydrogen-bond acceptors (Lipinski definition) is 2. The molecule has 1 aromatic carbocycles. The van der Waals surface area contributed by atoms with Gasteiger partial charge in [0.05, 0.1) is 5.69 Å². The second-order valence-corrected chi connectivity index (χ2v) is 4.85. The SMILES string of the molecule is Cc1cc(F)c(NC2CCCC(N)C2)cc1F. The van der Waals surface area contributed by atoms with Crippen molar-refractivity contribution in [3.63, 3.8) is 0 Å². The average Bonchev–Trinajstić information content (AvgIpc) is 2.26. The Morgan fingerprint density at radius 2 is 2.00 bits per heavy atom. The van der Waals surface area contributed by atoms with Crippen LogP contribution in [0, 0.1) is 18.6 Å².